The molecule has 4 rings (SSSR count). The lowest BCUT2D eigenvalue weighted by molar-refractivity contribution is -0.0497. The summed E-state index contributed by atoms with van der Waals surface area (Å²) in [6.07, 6.45) is 3.74. The van der Waals surface area contributed by atoms with Crippen LogP contribution in [0.15, 0.2) is 24.4 Å². The average Bonchev–Trinajstić information content (AvgIpc) is 3.37. The Morgan fingerprint density at radius 1 is 1.36 bits per heavy atom. The fraction of sp³-hybridized carbons (Fsp3) is 0.278. The summed E-state index contributed by atoms with van der Waals surface area (Å²) in [5, 5.41) is 6.33. The number of carbonyl (C=O) groups is 1. The number of carbonyl (C=O) groups excluding carboxylic acids is 1. The molecule has 2 amide bonds. The van der Waals surface area contributed by atoms with Crippen molar-refractivity contribution in [1.82, 2.24) is 9.97 Å². The minimum absolute atomic E-state index is 0.0298. The zero-order valence-corrected chi connectivity index (χ0v) is 16.2. The van der Waals surface area contributed by atoms with E-state index in [0.29, 0.717) is 17.3 Å². The van der Waals surface area contributed by atoms with Crippen LogP contribution in [0.25, 0.3) is 10.3 Å². The van der Waals surface area contributed by atoms with E-state index in [9.17, 15) is 13.6 Å². The van der Waals surface area contributed by atoms with Gasteiger partial charge < -0.3 is 15.4 Å². The lowest BCUT2D eigenvalue weighted by Crippen LogP contribution is -2.20. The number of pyridine rings is 1. The number of amides is 2. The predicted octanol–water partition coefficient (Wildman–Crippen LogP) is 5.78. The molecule has 0 spiro atoms. The number of aryl methyl sites for hydroxylation is 1. The summed E-state index contributed by atoms with van der Waals surface area (Å²) >= 11 is 7.43. The first-order valence-corrected chi connectivity index (χ1v) is 9.68. The third-order valence-corrected chi connectivity index (χ3v) is 5.39. The molecule has 0 aliphatic heterocycles. The number of nitrogens with zero attached hydrogens (tertiary/aromatic N) is 2. The molecule has 0 atom stereocenters. The van der Waals surface area contributed by atoms with Gasteiger partial charge in [-0.3, -0.25) is 0 Å². The zero-order chi connectivity index (χ0) is 19.8. The average molecular weight is 425 g/mol. The Hall–Kier alpha value is -2.52. The Balaban J connectivity index is 1.53. The second-order valence-electron chi connectivity index (χ2n) is 6.35. The van der Waals surface area contributed by atoms with Crippen LogP contribution in [0.2, 0.25) is 5.02 Å². The van der Waals surface area contributed by atoms with Gasteiger partial charge >= 0.3 is 12.6 Å². The molecular weight excluding hydrogens is 410 g/mol. The first-order valence-electron chi connectivity index (χ1n) is 8.49. The molecule has 0 radical (unpaired) electrons. The predicted molar refractivity (Wildman–Crippen MR) is 105 cm³/mol. The lowest BCUT2D eigenvalue weighted by atomic mass is 10.1. The van der Waals surface area contributed by atoms with Gasteiger partial charge in [-0.25, -0.2) is 14.8 Å². The van der Waals surface area contributed by atoms with Crippen LogP contribution in [0.5, 0.6) is 5.75 Å². The molecule has 6 nitrogen and oxygen atoms in total. The Labute approximate surface area is 167 Å². The molecule has 1 fully saturated rings. The largest absolute Gasteiger partial charge is 0.433 e. The molecule has 2 N–H and O–H groups in total. The van der Waals surface area contributed by atoms with Crippen molar-refractivity contribution >= 4 is 50.7 Å². The molecule has 146 valence electrons. The van der Waals surface area contributed by atoms with E-state index < -0.39 is 12.6 Å². The number of alkyl halides is 2. The van der Waals surface area contributed by atoms with E-state index >= 15 is 0 Å². The van der Waals surface area contributed by atoms with Crippen molar-refractivity contribution in [2.45, 2.75) is 32.3 Å². The molecular formula is C18H15ClF2N4O2S. The summed E-state index contributed by atoms with van der Waals surface area (Å²) < 4.78 is 28.9. The maximum Gasteiger partial charge on any atom is 0.387 e. The van der Waals surface area contributed by atoms with E-state index in [1.54, 1.807) is 6.20 Å². The molecule has 1 aliphatic carbocycles. The quantitative estimate of drug-likeness (QED) is 0.544. The van der Waals surface area contributed by atoms with Gasteiger partial charge in [0.2, 0.25) is 0 Å². The summed E-state index contributed by atoms with van der Waals surface area (Å²) in [4.78, 5) is 22.2. The van der Waals surface area contributed by atoms with Gasteiger partial charge in [-0.05, 0) is 43.9 Å². The Morgan fingerprint density at radius 3 is 2.82 bits per heavy atom. The minimum atomic E-state index is -2.97. The number of rotatable bonds is 5. The van der Waals surface area contributed by atoms with E-state index in [2.05, 4.69) is 25.3 Å². The van der Waals surface area contributed by atoms with Crippen LogP contribution < -0.4 is 15.4 Å². The third kappa shape index (κ3) is 4.00. The van der Waals surface area contributed by atoms with Gasteiger partial charge in [0.25, 0.3) is 0 Å². The highest BCUT2D eigenvalue weighted by molar-refractivity contribution is 7.18. The van der Waals surface area contributed by atoms with Crippen LogP contribution >= 0.6 is 22.9 Å². The number of hydrogen-bond acceptors (Lipinski definition) is 5. The summed E-state index contributed by atoms with van der Waals surface area (Å²) in [6.45, 7) is -1.05. The number of urea groups is 1. The van der Waals surface area contributed by atoms with E-state index in [1.807, 2.05) is 6.92 Å². The van der Waals surface area contributed by atoms with Crippen LogP contribution in [0, 0.1) is 6.92 Å². The van der Waals surface area contributed by atoms with E-state index in [0.717, 1.165) is 33.8 Å². The van der Waals surface area contributed by atoms with Crippen molar-refractivity contribution in [2.75, 3.05) is 10.6 Å². The van der Waals surface area contributed by atoms with Gasteiger partial charge in [-0.15, -0.1) is 0 Å². The molecule has 28 heavy (non-hydrogen) atoms. The SMILES string of the molecule is Cc1nc2c(C3CC3)c(NC(=O)Nc3ccc(OC(F)F)c(Cl)c3)cnc2s1. The number of nitrogens with one attached hydrogen (secondary N) is 2. The third-order valence-electron chi connectivity index (χ3n) is 4.21. The maximum absolute atomic E-state index is 12.4. The normalized spacial score (nSPS) is 13.8. The number of benzene rings is 1. The number of anilines is 2. The van der Waals surface area contributed by atoms with Crippen molar-refractivity contribution in [3.63, 3.8) is 0 Å². The van der Waals surface area contributed by atoms with Crippen LogP contribution in [0.3, 0.4) is 0 Å². The molecule has 2 heterocycles. The standard InChI is InChI=1S/C18H15ClF2N4O2S/c1-8-23-15-14(9-2-3-9)12(7-22-16(15)28-8)25-18(26)24-10-4-5-13(11(19)6-10)27-17(20)21/h4-7,9,17H,2-3H2,1H3,(H2,24,25,26). The van der Waals surface area contributed by atoms with E-state index in [4.69, 9.17) is 11.6 Å². The lowest BCUT2D eigenvalue weighted by Gasteiger charge is -2.13. The zero-order valence-electron chi connectivity index (χ0n) is 14.6. The van der Waals surface area contributed by atoms with Gasteiger partial charge in [0.1, 0.15) is 16.1 Å². The van der Waals surface area contributed by atoms with Crippen molar-refractivity contribution in [3.05, 3.63) is 40.0 Å². The number of thiazole rings is 1. The smallest absolute Gasteiger partial charge is 0.387 e. The summed E-state index contributed by atoms with van der Waals surface area (Å²) in [7, 11) is 0. The van der Waals surface area contributed by atoms with Crippen LogP contribution in [0.4, 0.5) is 25.0 Å². The number of ether oxygens (including phenoxy) is 1. The van der Waals surface area contributed by atoms with Gasteiger partial charge in [0.05, 0.1) is 21.9 Å². The fourth-order valence-corrected chi connectivity index (χ4v) is 3.94. The second kappa shape index (κ2) is 7.48. The monoisotopic (exact) mass is 424 g/mol. The Bertz CT molecular complexity index is 1060. The van der Waals surface area contributed by atoms with Gasteiger partial charge in [0, 0.05) is 11.3 Å². The van der Waals surface area contributed by atoms with Gasteiger partial charge in [0.15, 0.2) is 0 Å². The van der Waals surface area contributed by atoms with Crippen LogP contribution in [-0.4, -0.2) is 22.6 Å². The van der Waals surface area contributed by atoms with Crippen molar-refractivity contribution in [1.29, 1.82) is 0 Å². The first-order chi connectivity index (χ1) is 13.4. The van der Waals surface area contributed by atoms with Gasteiger partial charge in [-0.1, -0.05) is 22.9 Å². The summed E-state index contributed by atoms with van der Waals surface area (Å²) in [5.74, 6) is 0.203. The van der Waals surface area contributed by atoms with E-state index in [-0.39, 0.29) is 10.8 Å². The van der Waals surface area contributed by atoms with Crippen molar-refractivity contribution < 1.29 is 18.3 Å². The molecule has 1 aliphatic rings. The number of hydrogen-bond donors (Lipinski definition) is 2. The molecule has 0 unspecified atom stereocenters. The molecule has 1 aromatic carbocycles. The number of fused-ring (bicyclic) bond motifs is 1. The highest BCUT2D eigenvalue weighted by Gasteiger charge is 2.30. The molecule has 0 saturated heterocycles. The highest BCUT2D eigenvalue weighted by Crippen LogP contribution is 2.46. The summed E-state index contributed by atoms with van der Waals surface area (Å²) in [5.41, 5.74) is 2.79. The fourth-order valence-electron chi connectivity index (χ4n) is 2.94. The highest BCUT2D eigenvalue weighted by atomic mass is 35.5. The minimum Gasteiger partial charge on any atom is -0.433 e. The van der Waals surface area contributed by atoms with Gasteiger partial charge in [-0.2, -0.15) is 8.78 Å². The maximum atomic E-state index is 12.4. The first kappa shape index (κ1) is 18.8. The molecule has 1 saturated carbocycles. The van der Waals surface area contributed by atoms with E-state index in [1.165, 1.54) is 29.5 Å². The van der Waals surface area contributed by atoms with Crippen LogP contribution in [0.1, 0.15) is 29.3 Å². The van der Waals surface area contributed by atoms with Crippen molar-refractivity contribution in [3.8, 4) is 5.75 Å². The summed E-state index contributed by atoms with van der Waals surface area (Å²) in [6, 6.07) is 3.54. The number of aromatic nitrogens is 2. The van der Waals surface area contributed by atoms with Crippen molar-refractivity contribution in [2.24, 2.45) is 0 Å². The van der Waals surface area contributed by atoms with Crippen LogP contribution in [-0.2, 0) is 0 Å². The second-order valence-corrected chi connectivity index (χ2v) is 7.94. The Kier molecular flexibility index (Phi) is 5.03. The molecule has 0 bridgehead atoms. The molecule has 10 heteroatoms. The topological polar surface area (TPSA) is 76.1 Å². The number of halogens is 3. The molecule has 3 aromatic rings. The Morgan fingerprint density at radius 2 is 2.14 bits per heavy atom. The molecule has 2 aromatic heterocycles.